The van der Waals surface area contributed by atoms with Crippen LogP contribution >= 0.6 is 0 Å². The van der Waals surface area contributed by atoms with Crippen molar-refractivity contribution in [1.82, 2.24) is 0 Å². The van der Waals surface area contributed by atoms with Crippen molar-refractivity contribution in [3.05, 3.63) is 48.0 Å². The van der Waals surface area contributed by atoms with Gasteiger partial charge in [-0.1, -0.05) is 42.5 Å². The van der Waals surface area contributed by atoms with E-state index in [-0.39, 0.29) is 11.9 Å². The zero-order chi connectivity index (χ0) is 15.8. The van der Waals surface area contributed by atoms with Crippen molar-refractivity contribution >= 4 is 11.9 Å². The summed E-state index contributed by atoms with van der Waals surface area (Å²) in [7, 11) is 0. The van der Waals surface area contributed by atoms with Crippen LogP contribution < -0.4 is 0 Å². The first-order chi connectivity index (χ1) is 10.7. The van der Waals surface area contributed by atoms with E-state index in [9.17, 15) is 9.59 Å². The Morgan fingerprint density at radius 3 is 2.18 bits per heavy atom. The van der Waals surface area contributed by atoms with Crippen molar-refractivity contribution in [2.24, 2.45) is 11.8 Å². The molecule has 4 nitrogen and oxygen atoms in total. The second-order valence-corrected chi connectivity index (χ2v) is 5.31. The number of ether oxygens (including phenoxy) is 2. The summed E-state index contributed by atoms with van der Waals surface area (Å²) >= 11 is 0. The standard InChI is InChI=1S/C18H22O4/c1-2-21-17(19)15-10-6-7-11-16(15)18(20)22-13-12-14-8-4-3-5-9-14/h3-9,15-16H,2,10-13H2,1H3. The summed E-state index contributed by atoms with van der Waals surface area (Å²) in [6.45, 7) is 2.43. The van der Waals surface area contributed by atoms with Gasteiger partial charge in [0.05, 0.1) is 25.0 Å². The maximum absolute atomic E-state index is 12.2. The molecule has 22 heavy (non-hydrogen) atoms. The fourth-order valence-electron chi connectivity index (χ4n) is 2.61. The molecule has 0 aromatic heterocycles. The molecule has 0 fully saturated rings. The highest BCUT2D eigenvalue weighted by molar-refractivity contribution is 5.82. The lowest BCUT2D eigenvalue weighted by molar-refractivity contribution is -0.160. The molecule has 0 saturated carbocycles. The van der Waals surface area contributed by atoms with E-state index in [4.69, 9.17) is 9.47 Å². The summed E-state index contributed by atoms with van der Waals surface area (Å²) in [5.74, 6) is -1.47. The molecule has 2 unspecified atom stereocenters. The fraction of sp³-hybridized carbons (Fsp3) is 0.444. The van der Waals surface area contributed by atoms with Crippen molar-refractivity contribution in [3.63, 3.8) is 0 Å². The second kappa shape index (κ2) is 8.37. The molecule has 2 atom stereocenters. The Kier molecular flexibility index (Phi) is 6.19. The van der Waals surface area contributed by atoms with E-state index < -0.39 is 11.8 Å². The van der Waals surface area contributed by atoms with Crippen LogP contribution in [0.3, 0.4) is 0 Å². The second-order valence-electron chi connectivity index (χ2n) is 5.31. The van der Waals surface area contributed by atoms with Crippen molar-refractivity contribution in [3.8, 4) is 0 Å². The first-order valence-corrected chi connectivity index (χ1v) is 7.74. The Morgan fingerprint density at radius 1 is 1.00 bits per heavy atom. The van der Waals surface area contributed by atoms with E-state index >= 15 is 0 Å². The van der Waals surface area contributed by atoms with Crippen LogP contribution in [0.25, 0.3) is 0 Å². The zero-order valence-electron chi connectivity index (χ0n) is 12.9. The zero-order valence-corrected chi connectivity index (χ0v) is 12.9. The van der Waals surface area contributed by atoms with Gasteiger partial charge >= 0.3 is 11.9 Å². The number of carbonyl (C=O) groups is 2. The maximum atomic E-state index is 12.2. The number of rotatable bonds is 6. The Labute approximate surface area is 131 Å². The molecule has 1 aliphatic carbocycles. The fourth-order valence-corrected chi connectivity index (χ4v) is 2.61. The van der Waals surface area contributed by atoms with E-state index in [1.165, 1.54) is 0 Å². The molecule has 1 aromatic rings. The number of hydrogen-bond acceptors (Lipinski definition) is 4. The van der Waals surface area contributed by atoms with E-state index in [0.29, 0.717) is 32.5 Å². The number of carbonyl (C=O) groups excluding carboxylic acids is 2. The highest BCUT2D eigenvalue weighted by Crippen LogP contribution is 2.28. The Bertz CT molecular complexity index is 521. The molecule has 118 valence electrons. The molecule has 0 saturated heterocycles. The van der Waals surface area contributed by atoms with Gasteiger partial charge in [-0.05, 0) is 25.3 Å². The lowest BCUT2D eigenvalue weighted by Gasteiger charge is -2.25. The number of allylic oxidation sites excluding steroid dienone is 2. The maximum Gasteiger partial charge on any atom is 0.310 e. The van der Waals surface area contributed by atoms with Crippen molar-refractivity contribution in [2.45, 2.75) is 26.2 Å². The van der Waals surface area contributed by atoms with Gasteiger partial charge in [0.25, 0.3) is 0 Å². The van der Waals surface area contributed by atoms with Crippen LogP contribution in [0.5, 0.6) is 0 Å². The number of hydrogen-bond donors (Lipinski definition) is 0. The van der Waals surface area contributed by atoms with Crippen molar-refractivity contribution in [2.75, 3.05) is 13.2 Å². The topological polar surface area (TPSA) is 52.6 Å². The van der Waals surface area contributed by atoms with Crippen LogP contribution in [-0.4, -0.2) is 25.2 Å². The predicted octanol–water partition coefficient (Wildman–Crippen LogP) is 2.92. The third kappa shape index (κ3) is 4.45. The van der Waals surface area contributed by atoms with Gasteiger partial charge in [-0.15, -0.1) is 0 Å². The first-order valence-electron chi connectivity index (χ1n) is 7.74. The van der Waals surface area contributed by atoms with Crippen LogP contribution in [0.1, 0.15) is 25.3 Å². The normalized spacial score (nSPS) is 20.4. The van der Waals surface area contributed by atoms with Crippen molar-refractivity contribution < 1.29 is 19.1 Å². The summed E-state index contributed by atoms with van der Waals surface area (Å²) in [6, 6.07) is 9.87. The molecule has 1 aliphatic rings. The molecule has 0 radical (unpaired) electrons. The molecule has 0 bridgehead atoms. The largest absolute Gasteiger partial charge is 0.466 e. The van der Waals surface area contributed by atoms with Gasteiger partial charge in [0, 0.05) is 6.42 Å². The molecule has 0 heterocycles. The lowest BCUT2D eigenvalue weighted by atomic mass is 9.83. The van der Waals surface area contributed by atoms with Gasteiger partial charge in [-0.2, -0.15) is 0 Å². The molecular formula is C18H22O4. The van der Waals surface area contributed by atoms with Gasteiger partial charge in [0.1, 0.15) is 0 Å². The van der Waals surface area contributed by atoms with Gasteiger partial charge in [-0.3, -0.25) is 9.59 Å². The van der Waals surface area contributed by atoms with Gasteiger partial charge in [0.2, 0.25) is 0 Å². The first kappa shape index (κ1) is 16.3. The minimum atomic E-state index is -0.431. The third-order valence-electron chi connectivity index (χ3n) is 3.80. The van der Waals surface area contributed by atoms with Gasteiger partial charge in [-0.25, -0.2) is 0 Å². The van der Waals surface area contributed by atoms with Crippen LogP contribution in [0, 0.1) is 11.8 Å². The quantitative estimate of drug-likeness (QED) is 0.599. The summed E-state index contributed by atoms with van der Waals surface area (Å²) < 4.78 is 10.4. The summed E-state index contributed by atoms with van der Waals surface area (Å²) in [5, 5.41) is 0. The number of benzene rings is 1. The molecule has 0 amide bonds. The minimum absolute atomic E-state index is 0.307. The Balaban J connectivity index is 1.86. The van der Waals surface area contributed by atoms with E-state index in [1.54, 1.807) is 6.92 Å². The Hall–Kier alpha value is -2.10. The van der Waals surface area contributed by atoms with Crippen LogP contribution in [0.2, 0.25) is 0 Å². The van der Waals surface area contributed by atoms with Crippen molar-refractivity contribution in [1.29, 1.82) is 0 Å². The van der Waals surface area contributed by atoms with Gasteiger partial charge < -0.3 is 9.47 Å². The Morgan fingerprint density at radius 2 is 1.59 bits per heavy atom. The average Bonchev–Trinajstić information content (AvgIpc) is 2.56. The predicted molar refractivity (Wildman–Crippen MR) is 83.1 cm³/mol. The average molecular weight is 302 g/mol. The van der Waals surface area contributed by atoms with Crippen LogP contribution in [0.15, 0.2) is 42.5 Å². The SMILES string of the molecule is CCOC(=O)C1CC=CCC1C(=O)OCCc1ccccc1. The highest BCUT2D eigenvalue weighted by atomic mass is 16.5. The van der Waals surface area contributed by atoms with Crippen LogP contribution in [-0.2, 0) is 25.5 Å². The van der Waals surface area contributed by atoms with E-state index in [1.807, 2.05) is 42.5 Å². The smallest absolute Gasteiger partial charge is 0.310 e. The molecule has 0 aliphatic heterocycles. The minimum Gasteiger partial charge on any atom is -0.466 e. The molecular weight excluding hydrogens is 280 g/mol. The summed E-state index contributed by atoms with van der Waals surface area (Å²) in [6.07, 6.45) is 5.61. The summed E-state index contributed by atoms with van der Waals surface area (Å²) in [5.41, 5.74) is 1.13. The van der Waals surface area contributed by atoms with Gasteiger partial charge in [0.15, 0.2) is 0 Å². The summed E-state index contributed by atoms with van der Waals surface area (Å²) in [4.78, 5) is 24.2. The molecule has 0 spiro atoms. The monoisotopic (exact) mass is 302 g/mol. The van der Waals surface area contributed by atoms with Crippen LogP contribution in [0.4, 0.5) is 0 Å². The highest BCUT2D eigenvalue weighted by Gasteiger charge is 2.36. The molecule has 1 aromatic carbocycles. The molecule has 4 heteroatoms. The number of esters is 2. The lowest BCUT2D eigenvalue weighted by Crippen LogP contribution is -2.34. The van der Waals surface area contributed by atoms with E-state index in [2.05, 4.69) is 0 Å². The van der Waals surface area contributed by atoms with E-state index in [0.717, 1.165) is 5.56 Å². The molecule has 2 rings (SSSR count). The third-order valence-corrected chi connectivity index (χ3v) is 3.80. The molecule has 0 N–H and O–H groups in total.